The third-order valence-corrected chi connectivity index (χ3v) is 7.01. The van der Waals surface area contributed by atoms with Crippen LogP contribution in [-0.2, 0) is 14.8 Å². The van der Waals surface area contributed by atoms with Crippen LogP contribution in [0.5, 0.6) is 0 Å². The van der Waals surface area contributed by atoms with E-state index in [4.69, 9.17) is 4.74 Å². The van der Waals surface area contributed by atoms with Gasteiger partial charge < -0.3 is 9.30 Å². The van der Waals surface area contributed by atoms with Crippen LogP contribution in [0, 0.1) is 12.8 Å². The Balaban J connectivity index is 1.90. The summed E-state index contributed by atoms with van der Waals surface area (Å²) in [6, 6.07) is -0.0382. The molecule has 0 radical (unpaired) electrons. The minimum Gasteiger partial charge on any atom is -0.379 e. The average molecular weight is 356 g/mol. The molecule has 2 atom stereocenters. The van der Waals surface area contributed by atoms with Crippen LogP contribution in [0.15, 0.2) is 17.9 Å². The van der Waals surface area contributed by atoms with Crippen molar-refractivity contribution in [3.05, 3.63) is 23.6 Å². The van der Waals surface area contributed by atoms with Gasteiger partial charge in [0.25, 0.3) is 0 Å². The summed E-state index contributed by atoms with van der Waals surface area (Å²) in [5.74, 6) is 0.806. The predicted molar refractivity (Wildman–Crippen MR) is 88.9 cm³/mol. The standard InChI is InChI=1S/C14H20N4O3S2/c1-10-13(22-9-16-10)14-15-4-5-18(14)12-7-21-6-11(12)8-23(19,20)17(2)3/h4-5,9,11-12H,6-8H2,1-3H3/t11-,12+/m0/s1. The molecule has 0 aromatic carbocycles. The maximum Gasteiger partial charge on any atom is 0.214 e. The summed E-state index contributed by atoms with van der Waals surface area (Å²) < 4.78 is 33.3. The monoisotopic (exact) mass is 356 g/mol. The first-order valence-corrected chi connectivity index (χ1v) is 9.80. The lowest BCUT2D eigenvalue weighted by atomic mass is 10.1. The largest absolute Gasteiger partial charge is 0.379 e. The molecule has 0 bridgehead atoms. The van der Waals surface area contributed by atoms with Crippen molar-refractivity contribution in [2.75, 3.05) is 33.1 Å². The molecule has 1 aliphatic rings. The third-order valence-electron chi connectivity index (χ3n) is 4.12. The van der Waals surface area contributed by atoms with E-state index in [1.807, 2.05) is 17.7 Å². The van der Waals surface area contributed by atoms with Crippen molar-refractivity contribution in [2.24, 2.45) is 5.92 Å². The lowest BCUT2D eigenvalue weighted by molar-refractivity contribution is 0.182. The van der Waals surface area contributed by atoms with Crippen LogP contribution in [0.4, 0.5) is 0 Å². The van der Waals surface area contributed by atoms with Gasteiger partial charge in [0, 0.05) is 32.4 Å². The highest BCUT2D eigenvalue weighted by atomic mass is 32.2. The van der Waals surface area contributed by atoms with Crippen LogP contribution in [0.2, 0.25) is 0 Å². The maximum atomic E-state index is 12.2. The molecule has 23 heavy (non-hydrogen) atoms. The van der Waals surface area contributed by atoms with Crippen LogP contribution < -0.4 is 0 Å². The lowest BCUT2D eigenvalue weighted by Crippen LogP contribution is -2.32. The zero-order valence-electron chi connectivity index (χ0n) is 13.3. The molecule has 9 heteroatoms. The zero-order chi connectivity index (χ0) is 16.6. The van der Waals surface area contributed by atoms with Gasteiger partial charge in [0.15, 0.2) is 5.82 Å². The quantitative estimate of drug-likeness (QED) is 0.809. The van der Waals surface area contributed by atoms with Crippen molar-refractivity contribution in [1.82, 2.24) is 18.8 Å². The third kappa shape index (κ3) is 3.18. The summed E-state index contributed by atoms with van der Waals surface area (Å²) in [5, 5.41) is 0. The fraction of sp³-hybridized carbons (Fsp3) is 0.571. The summed E-state index contributed by atoms with van der Waals surface area (Å²) in [7, 11) is -0.153. The average Bonchev–Trinajstić information content (AvgIpc) is 3.17. The van der Waals surface area contributed by atoms with E-state index in [0.29, 0.717) is 13.2 Å². The summed E-state index contributed by atoms with van der Waals surface area (Å²) in [5.41, 5.74) is 2.72. The first kappa shape index (κ1) is 16.6. The molecule has 7 nitrogen and oxygen atoms in total. The summed E-state index contributed by atoms with van der Waals surface area (Å²) in [6.45, 7) is 2.88. The van der Waals surface area contributed by atoms with Crippen molar-refractivity contribution >= 4 is 21.4 Å². The van der Waals surface area contributed by atoms with Crippen LogP contribution in [-0.4, -0.2) is 60.3 Å². The Morgan fingerprint density at radius 2 is 2.17 bits per heavy atom. The van der Waals surface area contributed by atoms with E-state index in [-0.39, 0.29) is 17.7 Å². The normalized spacial score (nSPS) is 22.1. The van der Waals surface area contributed by atoms with Crippen molar-refractivity contribution in [2.45, 2.75) is 13.0 Å². The van der Waals surface area contributed by atoms with Gasteiger partial charge in [-0.05, 0) is 6.92 Å². The Morgan fingerprint density at radius 1 is 1.39 bits per heavy atom. The van der Waals surface area contributed by atoms with Crippen molar-refractivity contribution in [3.63, 3.8) is 0 Å². The molecule has 0 saturated carbocycles. The lowest BCUT2D eigenvalue weighted by Gasteiger charge is -2.22. The number of hydrogen-bond donors (Lipinski definition) is 0. The molecule has 3 rings (SSSR count). The highest BCUT2D eigenvalue weighted by Crippen LogP contribution is 2.33. The first-order chi connectivity index (χ1) is 10.9. The summed E-state index contributed by atoms with van der Waals surface area (Å²) >= 11 is 1.54. The van der Waals surface area contributed by atoms with Crippen molar-refractivity contribution in [3.8, 4) is 10.7 Å². The number of sulfonamides is 1. The van der Waals surface area contributed by atoms with E-state index >= 15 is 0 Å². The molecular weight excluding hydrogens is 336 g/mol. The van der Waals surface area contributed by atoms with E-state index in [1.165, 1.54) is 15.6 Å². The molecule has 1 aliphatic heterocycles. The highest BCUT2D eigenvalue weighted by molar-refractivity contribution is 7.89. The maximum absolute atomic E-state index is 12.2. The second kappa shape index (κ2) is 6.31. The highest BCUT2D eigenvalue weighted by Gasteiger charge is 2.35. The van der Waals surface area contributed by atoms with Crippen LogP contribution >= 0.6 is 11.3 Å². The Labute approximate surface area is 140 Å². The Morgan fingerprint density at radius 3 is 2.83 bits per heavy atom. The molecular formula is C14H20N4O3S2. The second-order valence-corrected chi connectivity index (χ2v) is 8.93. The molecule has 1 fully saturated rings. The van der Waals surface area contributed by atoms with Gasteiger partial charge in [-0.1, -0.05) is 0 Å². The fourth-order valence-corrected chi connectivity index (χ4v) is 4.71. The number of rotatable bonds is 5. The molecule has 2 aromatic heterocycles. The smallest absolute Gasteiger partial charge is 0.214 e. The van der Waals surface area contributed by atoms with Gasteiger partial charge in [0.1, 0.15) is 0 Å². The van der Waals surface area contributed by atoms with Crippen LogP contribution in [0.3, 0.4) is 0 Å². The number of nitrogens with zero attached hydrogens (tertiary/aromatic N) is 4. The SMILES string of the molecule is Cc1ncsc1-c1nccn1[C@@H]1COC[C@H]1CS(=O)(=O)N(C)C. The Bertz CT molecular complexity index is 782. The van der Waals surface area contributed by atoms with Gasteiger partial charge in [-0.15, -0.1) is 11.3 Å². The molecule has 0 spiro atoms. The minimum absolute atomic E-state index is 0.0382. The second-order valence-electron chi connectivity index (χ2n) is 5.85. The number of aromatic nitrogens is 3. The molecule has 0 amide bonds. The minimum atomic E-state index is -3.27. The van der Waals surface area contributed by atoms with Crippen molar-refractivity contribution in [1.29, 1.82) is 0 Å². The first-order valence-electron chi connectivity index (χ1n) is 7.31. The Kier molecular flexibility index (Phi) is 4.54. The number of hydrogen-bond acceptors (Lipinski definition) is 6. The van der Waals surface area contributed by atoms with Gasteiger partial charge in [-0.2, -0.15) is 0 Å². The van der Waals surface area contributed by atoms with Gasteiger partial charge in [-0.3, -0.25) is 0 Å². The Hall–Kier alpha value is -1.29. The van der Waals surface area contributed by atoms with Crippen LogP contribution in [0.25, 0.3) is 10.7 Å². The molecule has 126 valence electrons. The zero-order valence-corrected chi connectivity index (χ0v) is 15.0. The predicted octanol–water partition coefficient (Wildman–Crippen LogP) is 1.39. The fourth-order valence-electron chi connectivity index (χ4n) is 2.75. The molecule has 2 aromatic rings. The van der Waals surface area contributed by atoms with E-state index in [0.717, 1.165) is 16.4 Å². The molecule has 0 unspecified atom stereocenters. The van der Waals surface area contributed by atoms with E-state index in [2.05, 4.69) is 9.97 Å². The number of thiazole rings is 1. The van der Waals surface area contributed by atoms with Gasteiger partial charge in [0.2, 0.25) is 10.0 Å². The number of ether oxygens (including phenoxy) is 1. The molecule has 0 aliphatic carbocycles. The van der Waals surface area contributed by atoms with E-state index in [1.54, 1.807) is 25.8 Å². The summed E-state index contributed by atoms with van der Waals surface area (Å²) in [4.78, 5) is 9.73. The van der Waals surface area contributed by atoms with E-state index in [9.17, 15) is 8.42 Å². The summed E-state index contributed by atoms with van der Waals surface area (Å²) in [6.07, 6.45) is 3.63. The van der Waals surface area contributed by atoms with Crippen LogP contribution in [0.1, 0.15) is 11.7 Å². The number of aryl methyl sites for hydroxylation is 1. The number of imidazole rings is 1. The molecule has 0 N–H and O–H groups in total. The topological polar surface area (TPSA) is 77.3 Å². The van der Waals surface area contributed by atoms with Gasteiger partial charge in [-0.25, -0.2) is 22.7 Å². The van der Waals surface area contributed by atoms with Gasteiger partial charge in [0.05, 0.1) is 41.1 Å². The van der Waals surface area contributed by atoms with Gasteiger partial charge >= 0.3 is 0 Å². The van der Waals surface area contributed by atoms with Crippen molar-refractivity contribution < 1.29 is 13.2 Å². The molecule has 3 heterocycles. The van der Waals surface area contributed by atoms with E-state index < -0.39 is 10.0 Å². The molecule has 1 saturated heterocycles.